The van der Waals surface area contributed by atoms with E-state index in [1.54, 1.807) is 18.2 Å². The Morgan fingerprint density at radius 1 is 1.10 bits per heavy atom. The zero-order valence-electron chi connectivity index (χ0n) is 11.2. The van der Waals surface area contributed by atoms with E-state index in [1.165, 1.54) is 18.2 Å². The van der Waals surface area contributed by atoms with Gasteiger partial charge in [-0.25, -0.2) is 8.78 Å². The molecule has 1 N–H and O–H groups in total. The van der Waals surface area contributed by atoms with Crippen LogP contribution in [0, 0.1) is 11.6 Å². The smallest absolute Gasteiger partial charge is 0.133 e. The van der Waals surface area contributed by atoms with Crippen molar-refractivity contribution in [3.8, 4) is 11.1 Å². The highest BCUT2D eigenvalue weighted by Gasteiger charge is 2.12. The molecule has 0 bridgehead atoms. The van der Waals surface area contributed by atoms with E-state index in [1.807, 2.05) is 0 Å². The first-order valence-corrected chi connectivity index (χ1v) is 6.94. The minimum atomic E-state index is -0.570. The van der Waals surface area contributed by atoms with E-state index in [9.17, 15) is 8.78 Å². The fourth-order valence-electron chi connectivity index (χ4n) is 2.04. The Bertz CT molecular complexity index is 579. The highest BCUT2D eigenvalue weighted by molar-refractivity contribution is 6.31. The normalized spacial score (nSPS) is 10.8. The molecule has 4 heteroatoms. The van der Waals surface area contributed by atoms with Crippen molar-refractivity contribution >= 4 is 11.6 Å². The van der Waals surface area contributed by atoms with E-state index in [0.29, 0.717) is 17.1 Å². The predicted molar refractivity (Wildman–Crippen MR) is 78.8 cm³/mol. The molecule has 0 aliphatic heterocycles. The molecule has 106 valence electrons. The highest BCUT2D eigenvalue weighted by atomic mass is 35.5. The van der Waals surface area contributed by atoms with Crippen LogP contribution in [0.2, 0.25) is 5.02 Å². The molecule has 2 aromatic carbocycles. The lowest BCUT2D eigenvalue weighted by molar-refractivity contribution is 0.589. The Morgan fingerprint density at radius 3 is 2.45 bits per heavy atom. The van der Waals surface area contributed by atoms with Crippen LogP contribution in [0.15, 0.2) is 36.4 Å². The fraction of sp³-hybridized carbons (Fsp3) is 0.250. The Balaban J connectivity index is 2.36. The molecule has 0 aromatic heterocycles. The van der Waals surface area contributed by atoms with Gasteiger partial charge in [-0.15, -0.1) is 0 Å². The van der Waals surface area contributed by atoms with Gasteiger partial charge in [-0.1, -0.05) is 30.7 Å². The third kappa shape index (κ3) is 3.35. The summed E-state index contributed by atoms with van der Waals surface area (Å²) >= 11 is 6.11. The average Bonchev–Trinajstić information content (AvgIpc) is 2.42. The van der Waals surface area contributed by atoms with Crippen molar-refractivity contribution < 1.29 is 8.78 Å². The first-order chi connectivity index (χ1) is 9.63. The van der Waals surface area contributed by atoms with E-state index in [4.69, 9.17) is 11.6 Å². The monoisotopic (exact) mass is 295 g/mol. The Morgan fingerprint density at radius 2 is 1.80 bits per heavy atom. The molecule has 0 unspecified atom stereocenters. The number of hydrogen-bond acceptors (Lipinski definition) is 1. The van der Waals surface area contributed by atoms with Gasteiger partial charge >= 0.3 is 0 Å². The van der Waals surface area contributed by atoms with E-state index in [0.717, 1.165) is 18.5 Å². The number of rotatable bonds is 5. The van der Waals surface area contributed by atoms with Gasteiger partial charge in [0.1, 0.15) is 11.6 Å². The molecular formula is C16H16ClF2N. The summed E-state index contributed by atoms with van der Waals surface area (Å²) in [6, 6.07) is 8.89. The Kier molecular flexibility index (Phi) is 5.10. The molecule has 0 aliphatic carbocycles. The standard InChI is InChI=1S/C16H16ClF2N/c1-2-8-20-10-12-9-11(6-7-13(12)17)16-14(18)4-3-5-15(16)19/h3-7,9,20H,2,8,10H2,1H3. The molecule has 0 saturated heterocycles. The maximum atomic E-state index is 13.8. The van der Waals surface area contributed by atoms with Crippen molar-refractivity contribution in [2.75, 3.05) is 6.54 Å². The van der Waals surface area contributed by atoms with Crippen molar-refractivity contribution in [1.29, 1.82) is 0 Å². The van der Waals surface area contributed by atoms with Gasteiger partial charge < -0.3 is 5.32 Å². The maximum Gasteiger partial charge on any atom is 0.133 e. The van der Waals surface area contributed by atoms with Gasteiger partial charge in [0, 0.05) is 11.6 Å². The molecule has 0 amide bonds. The first-order valence-electron chi connectivity index (χ1n) is 6.57. The molecule has 0 heterocycles. The van der Waals surface area contributed by atoms with Crippen LogP contribution in [0.5, 0.6) is 0 Å². The van der Waals surface area contributed by atoms with Crippen LogP contribution in [0.4, 0.5) is 8.78 Å². The Hall–Kier alpha value is -1.45. The van der Waals surface area contributed by atoms with Crippen LogP contribution < -0.4 is 5.32 Å². The van der Waals surface area contributed by atoms with Crippen LogP contribution in [0.3, 0.4) is 0 Å². The maximum absolute atomic E-state index is 13.8. The number of benzene rings is 2. The molecule has 1 nitrogen and oxygen atoms in total. The molecule has 0 aliphatic rings. The topological polar surface area (TPSA) is 12.0 Å². The highest BCUT2D eigenvalue weighted by Crippen LogP contribution is 2.29. The third-order valence-electron chi connectivity index (χ3n) is 3.04. The van der Waals surface area contributed by atoms with Gasteiger partial charge in [0.2, 0.25) is 0 Å². The lowest BCUT2D eigenvalue weighted by Crippen LogP contribution is -2.14. The SMILES string of the molecule is CCCNCc1cc(-c2c(F)cccc2F)ccc1Cl. The summed E-state index contributed by atoms with van der Waals surface area (Å²) in [5.41, 5.74) is 1.32. The summed E-state index contributed by atoms with van der Waals surface area (Å²) in [5, 5.41) is 3.82. The minimum absolute atomic E-state index is 0.0130. The second kappa shape index (κ2) is 6.82. The van der Waals surface area contributed by atoms with Crippen molar-refractivity contribution in [3.63, 3.8) is 0 Å². The van der Waals surface area contributed by atoms with Crippen molar-refractivity contribution in [3.05, 3.63) is 58.6 Å². The minimum Gasteiger partial charge on any atom is -0.313 e. The molecule has 0 radical (unpaired) electrons. The summed E-state index contributed by atoms with van der Waals surface area (Å²) in [6.45, 7) is 3.52. The molecule has 0 fully saturated rings. The first kappa shape index (κ1) is 14.9. The Labute approximate surface area is 122 Å². The fourth-order valence-corrected chi connectivity index (χ4v) is 2.22. The lowest BCUT2D eigenvalue weighted by atomic mass is 10.0. The second-order valence-corrected chi connectivity index (χ2v) is 4.99. The van der Waals surface area contributed by atoms with Crippen LogP contribution >= 0.6 is 11.6 Å². The number of halogens is 3. The summed E-state index contributed by atoms with van der Waals surface area (Å²) < 4.78 is 27.6. The lowest BCUT2D eigenvalue weighted by Gasteiger charge is -2.10. The van der Waals surface area contributed by atoms with Gasteiger partial charge in [0.05, 0.1) is 5.56 Å². The molecular weight excluding hydrogens is 280 g/mol. The van der Waals surface area contributed by atoms with Crippen LogP contribution in [-0.2, 0) is 6.54 Å². The van der Waals surface area contributed by atoms with Crippen LogP contribution in [-0.4, -0.2) is 6.54 Å². The van der Waals surface area contributed by atoms with Crippen molar-refractivity contribution in [2.24, 2.45) is 0 Å². The molecule has 0 saturated carbocycles. The van der Waals surface area contributed by atoms with E-state index >= 15 is 0 Å². The van der Waals surface area contributed by atoms with Gasteiger partial charge in [0.25, 0.3) is 0 Å². The van der Waals surface area contributed by atoms with E-state index in [2.05, 4.69) is 12.2 Å². The van der Waals surface area contributed by atoms with E-state index in [-0.39, 0.29) is 5.56 Å². The van der Waals surface area contributed by atoms with Gasteiger partial charge in [-0.3, -0.25) is 0 Å². The van der Waals surface area contributed by atoms with E-state index < -0.39 is 11.6 Å². The number of hydrogen-bond donors (Lipinski definition) is 1. The quantitative estimate of drug-likeness (QED) is 0.782. The third-order valence-corrected chi connectivity index (χ3v) is 3.41. The molecule has 20 heavy (non-hydrogen) atoms. The van der Waals surface area contributed by atoms with Gasteiger partial charge in [0.15, 0.2) is 0 Å². The van der Waals surface area contributed by atoms with Crippen molar-refractivity contribution in [1.82, 2.24) is 5.32 Å². The van der Waals surface area contributed by atoms with Gasteiger partial charge in [-0.05, 0) is 48.4 Å². The number of nitrogens with one attached hydrogen (secondary N) is 1. The second-order valence-electron chi connectivity index (χ2n) is 4.58. The van der Waals surface area contributed by atoms with Crippen molar-refractivity contribution in [2.45, 2.75) is 19.9 Å². The summed E-state index contributed by atoms with van der Waals surface area (Å²) in [6.07, 6.45) is 1.01. The average molecular weight is 296 g/mol. The van der Waals surface area contributed by atoms with Crippen LogP contribution in [0.25, 0.3) is 11.1 Å². The van der Waals surface area contributed by atoms with Gasteiger partial charge in [-0.2, -0.15) is 0 Å². The molecule has 0 spiro atoms. The largest absolute Gasteiger partial charge is 0.313 e. The zero-order chi connectivity index (χ0) is 14.5. The van der Waals surface area contributed by atoms with Crippen LogP contribution in [0.1, 0.15) is 18.9 Å². The zero-order valence-corrected chi connectivity index (χ0v) is 12.0. The molecule has 2 aromatic rings. The predicted octanol–water partition coefficient (Wildman–Crippen LogP) is 4.78. The summed E-state index contributed by atoms with van der Waals surface area (Å²) in [7, 11) is 0. The summed E-state index contributed by atoms with van der Waals surface area (Å²) in [4.78, 5) is 0. The molecule has 0 atom stereocenters. The summed E-state index contributed by atoms with van der Waals surface area (Å²) in [5.74, 6) is -1.14. The molecule has 2 rings (SSSR count).